The molecule has 1 heterocycles. The molecule has 4 rings (SSSR count). The minimum absolute atomic E-state index is 0.167. The minimum Gasteiger partial charge on any atom is -0.268 e. The normalized spacial score (nSPS) is 11.0. The van der Waals surface area contributed by atoms with E-state index in [0.717, 1.165) is 27.6 Å². The Morgan fingerprint density at radius 1 is 0.846 bits per heavy atom. The molecule has 0 aliphatic rings. The number of hydrogen-bond donors (Lipinski definition) is 0. The van der Waals surface area contributed by atoms with Crippen LogP contribution in [0, 0.1) is 0 Å². The first kappa shape index (κ1) is 16.8. The van der Waals surface area contributed by atoms with Gasteiger partial charge in [0, 0.05) is 11.6 Å². The highest BCUT2D eigenvalue weighted by Crippen LogP contribution is 2.27. The minimum atomic E-state index is -0.167. The molecule has 5 heteroatoms. The van der Waals surface area contributed by atoms with Gasteiger partial charge in [-0.05, 0) is 34.5 Å². The molecule has 0 saturated heterocycles. The Labute approximate surface area is 160 Å². The van der Waals surface area contributed by atoms with Crippen molar-refractivity contribution in [3.05, 3.63) is 98.8 Å². The Kier molecular flexibility index (Phi) is 4.49. The van der Waals surface area contributed by atoms with Gasteiger partial charge in [0.05, 0.1) is 22.3 Å². The van der Waals surface area contributed by atoms with Crippen LogP contribution in [0.15, 0.2) is 77.6 Å². The molecule has 3 aromatic carbocycles. The van der Waals surface area contributed by atoms with Gasteiger partial charge in [-0.2, -0.15) is 5.10 Å². The lowest BCUT2D eigenvalue weighted by molar-refractivity contribution is 0.643. The summed E-state index contributed by atoms with van der Waals surface area (Å²) in [5.74, 6) is 0. The van der Waals surface area contributed by atoms with Crippen molar-refractivity contribution >= 4 is 34.0 Å². The molecule has 0 radical (unpaired) electrons. The maximum Gasteiger partial charge on any atom is 0.267 e. The monoisotopic (exact) mass is 380 g/mol. The molecule has 26 heavy (non-hydrogen) atoms. The smallest absolute Gasteiger partial charge is 0.267 e. The second-order valence-corrected chi connectivity index (χ2v) is 6.80. The highest BCUT2D eigenvalue weighted by molar-refractivity contribution is 6.42. The van der Waals surface area contributed by atoms with Crippen LogP contribution in [-0.4, -0.2) is 9.78 Å². The second-order valence-electron chi connectivity index (χ2n) is 5.99. The van der Waals surface area contributed by atoms with Crippen LogP contribution in [0.4, 0.5) is 0 Å². The van der Waals surface area contributed by atoms with E-state index in [0.29, 0.717) is 16.6 Å². The van der Waals surface area contributed by atoms with Crippen LogP contribution in [-0.2, 0) is 6.54 Å². The molecule has 0 aliphatic carbocycles. The van der Waals surface area contributed by atoms with Crippen LogP contribution in [0.5, 0.6) is 0 Å². The standard InChI is InChI=1S/C21H14Cl2N2O/c22-18-9-8-14(12-19(18)23)13-25-21(26)11-10-20(24-25)17-7-3-5-15-4-1-2-6-16(15)17/h1-12H,13H2. The Bertz CT molecular complexity index is 1160. The highest BCUT2D eigenvalue weighted by Gasteiger charge is 2.08. The number of halogens is 2. The summed E-state index contributed by atoms with van der Waals surface area (Å²) >= 11 is 12.0. The topological polar surface area (TPSA) is 34.9 Å². The molecule has 0 N–H and O–H groups in total. The van der Waals surface area contributed by atoms with Crippen molar-refractivity contribution in [3.63, 3.8) is 0 Å². The van der Waals surface area contributed by atoms with Gasteiger partial charge in [-0.1, -0.05) is 71.7 Å². The summed E-state index contributed by atoms with van der Waals surface area (Å²) < 4.78 is 1.44. The van der Waals surface area contributed by atoms with Gasteiger partial charge < -0.3 is 0 Å². The van der Waals surface area contributed by atoms with Crippen molar-refractivity contribution in [2.24, 2.45) is 0 Å². The summed E-state index contributed by atoms with van der Waals surface area (Å²) in [6.07, 6.45) is 0. The van der Waals surface area contributed by atoms with E-state index in [4.69, 9.17) is 23.2 Å². The quantitative estimate of drug-likeness (QED) is 0.475. The lowest BCUT2D eigenvalue weighted by Gasteiger charge is -2.10. The van der Waals surface area contributed by atoms with Crippen LogP contribution in [0.3, 0.4) is 0 Å². The van der Waals surface area contributed by atoms with Crippen molar-refractivity contribution < 1.29 is 0 Å². The number of hydrogen-bond acceptors (Lipinski definition) is 2. The van der Waals surface area contributed by atoms with Crippen LogP contribution in [0.1, 0.15) is 5.56 Å². The molecule has 0 saturated carbocycles. The molecule has 0 spiro atoms. The summed E-state index contributed by atoms with van der Waals surface area (Å²) in [4.78, 5) is 12.3. The molecule has 0 atom stereocenters. The Morgan fingerprint density at radius 3 is 2.50 bits per heavy atom. The van der Waals surface area contributed by atoms with E-state index in [1.165, 1.54) is 4.68 Å². The van der Waals surface area contributed by atoms with Gasteiger partial charge in [0.2, 0.25) is 0 Å². The molecular weight excluding hydrogens is 367 g/mol. The van der Waals surface area contributed by atoms with E-state index < -0.39 is 0 Å². The molecule has 128 valence electrons. The average Bonchev–Trinajstić information content (AvgIpc) is 2.66. The van der Waals surface area contributed by atoms with E-state index >= 15 is 0 Å². The van der Waals surface area contributed by atoms with Crippen molar-refractivity contribution in [3.8, 4) is 11.3 Å². The van der Waals surface area contributed by atoms with Crippen molar-refractivity contribution in [2.45, 2.75) is 6.54 Å². The van der Waals surface area contributed by atoms with E-state index in [-0.39, 0.29) is 5.56 Å². The summed E-state index contributed by atoms with van der Waals surface area (Å²) in [5.41, 5.74) is 2.44. The zero-order chi connectivity index (χ0) is 18.1. The first-order chi connectivity index (χ1) is 12.6. The number of fused-ring (bicyclic) bond motifs is 1. The van der Waals surface area contributed by atoms with E-state index in [2.05, 4.69) is 23.3 Å². The summed E-state index contributed by atoms with van der Waals surface area (Å²) in [6.45, 7) is 0.328. The number of aromatic nitrogens is 2. The van der Waals surface area contributed by atoms with Crippen LogP contribution >= 0.6 is 23.2 Å². The zero-order valence-corrected chi connectivity index (χ0v) is 15.2. The fourth-order valence-corrected chi connectivity index (χ4v) is 3.29. The van der Waals surface area contributed by atoms with Crippen LogP contribution in [0.2, 0.25) is 10.0 Å². The van der Waals surface area contributed by atoms with Gasteiger partial charge in [0.15, 0.2) is 0 Å². The third-order valence-corrected chi connectivity index (χ3v) is 4.99. The SMILES string of the molecule is O=c1ccc(-c2cccc3ccccc23)nn1Cc1ccc(Cl)c(Cl)c1. The lowest BCUT2D eigenvalue weighted by Crippen LogP contribution is -2.22. The molecule has 3 nitrogen and oxygen atoms in total. The molecular formula is C21H14Cl2N2O. The van der Waals surface area contributed by atoms with Crippen LogP contribution in [0.25, 0.3) is 22.0 Å². The molecule has 0 fully saturated rings. The van der Waals surface area contributed by atoms with E-state index in [1.54, 1.807) is 24.3 Å². The first-order valence-electron chi connectivity index (χ1n) is 8.12. The predicted molar refractivity (Wildman–Crippen MR) is 107 cm³/mol. The zero-order valence-electron chi connectivity index (χ0n) is 13.7. The fourth-order valence-electron chi connectivity index (χ4n) is 2.97. The third kappa shape index (κ3) is 3.24. The van der Waals surface area contributed by atoms with Gasteiger partial charge >= 0.3 is 0 Å². The Balaban J connectivity index is 1.79. The molecule has 1 aromatic heterocycles. The average molecular weight is 381 g/mol. The molecule has 0 aliphatic heterocycles. The number of nitrogens with zero attached hydrogens (tertiary/aromatic N) is 2. The molecule has 0 bridgehead atoms. The first-order valence-corrected chi connectivity index (χ1v) is 8.88. The van der Waals surface area contributed by atoms with Crippen molar-refractivity contribution in [1.82, 2.24) is 9.78 Å². The Hall–Kier alpha value is -2.62. The predicted octanol–water partition coefficient (Wildman–Crippen LogP) is 5.42. The maximum absolute atomic E-state index is 12.3. The molecule has 0 unspecified atom stereocenters. The van der Waals surface area contributed by atoms with Gasteiger partial charge in [0.25, 0.3) is 5.56 Å². The van der Waals surface area contributed by atoms with Crippen molar-refractivity contribution in [2.75, 3.05) is 0 Å². The highest BCUT2D eigenvalue weighted by atomic mass is 35.5. The summed E-state index contributed by atoms with van der Waals surface area (Å²) in [5, 5.41) is 7.75. The fraction of sp³-hybridized carbons (Fsp3) is 0.0476. The third-order valence-electron chi connectivity index (χ3n) is 4.25. The second kappa shape index (κ2) is 6.94. The largest absolute Gasteiger partial charge is 0.268 e. The number of benzene rings is 3. The maximum atomic E-state index is 12.3. The lowest BCUT2D eigenvalue weighted by atomic mass is 10.0. The molecule has 0 amide bonds. The summed E-state index contributed by atoms with van der Waals surface area (Å²) in [6, 6.07) is 22.8. The van der Waals surface area contributed by atoms with Gasteiger partial charge in [-0.3, -0.25) is 4.79 Å². The molecule has 4 aromatic rings. The van der Waals surface area contributed by atoms with Crippen LogP contribution < -0.4 is 5.56 Å². The van der Waals surface area contributed by atoms with Gasteiger partial charge in [-0.15, -0.1) is 0 Å². The summed E-state index contributed by atoms with van der Waals surface area (Å²) in [7, 11) is 0. The van der Waals surface area contributed by atoms with E-state index in [9.17, 15) is 4.79 Å². The number of rotatable bonds is 3. The van der Waals surface area contributed by atoms with Gasteiger partial charge in [0.1, 0.15) is 0 Å². The van der Waals surface area contributed by atoms with Crippen molar-refractivity contribution in [1.29, 1.82) is 0 Å². The Morgan fingerprint density at radius 2 is 1.65 bits per heavy atom. The van der Waals surface area contributed by atoms with Gasteiger partial charge in [-0.25, -0.2) is 4.68 Å². The van der Waals surface area contributed by atoms with E-state index in [1.807, 2.05) is 30.3 Å².